The van der Waals surface area contributed by atoms with E-state index in [1.807, 2.05) is 0 Å². The van der Waals surface area contributed by atoms with Crippen molar-refractivity contribution in [3.63, 3.8) is 0 Å². The Hall–Kier alpha value is -0.870. The van der Waals surface area contributed by atoms with Gasteiger partial charge in [-0.05, 0) is 38.8 Å². The third-order valence-corrected chi connectivity index (χ3v) is 3.76. The maximum absolute atomic E-state index is 9.88. The van der Waals surface area contributed by atoms with E-state index in [1.54, 1.807) is 0 Å². The second-order valence-electron chi connectivity index (χ2n) is 4.90. The molecule has 1 atom stereocenters. The molecule has 0 radical (unpaired) electrons. The molecule has 0 aliphatic carbocycles. The first-order valence-corrected chi connectivity index (χ1v) is 6.30. The van der Waals surface area contributed by atoms with Gasteiger partial charge in [0.1, 0.15) is 11.9 Å². The fraction of sp³-hybridized carbons (Fsp3) is 0.750. The number of rotatable bonds is 1. The summed E-state index contributed by atoms with van der Waals surface area (Å²) in [4.78, 5) is 4.64. The fourth-order valence-electron chi connectivity index (χ4n) is 2.79. The van der Waals surface area contributed by atoms with Crippen molar-refractivity contribution in [1.29, 1.82) is 0 Å². The molecule has 0 saturated carbocycles. The quantitative estimate of drug-likeness (QED) is 0.748. The lowest BCUT2D eigenvalue weighted by Gasteiger charge is -2.20. The van der Waals surface area contributed by atoms with E-state index in [-0.39, 0.29) is 6.10 Å². The van der Waals surface area contributed by atoms with E-state index < -0.39 is 0 Å². The van der Waals surface area contributed by atoms with Crippen molar-refractivity contribution < 1.29 is 5.11 Å². The lowest BCUT2D eigenvalue weighted by molar-refractivity contribution is 0.133. The highest BCUT2D eigenvalue weighted by molar-refractivity contribution is 5.13. The number of aromatic nitrogens is 2. The highest BCUT2D eigenvalue weighted by atomic mass is 16.3. The van der Waals surface area contributed by atoms with Gasteiger partial charge in [-0.25, -0.2) is 4.98 Å². The standard InChI is InChI=1S/C12H19N3O/c16-11-2-1-7-15-8-10(14-12(11)15)9-3-5-13-6-4-9/h8-9,11,13,16H,1-7H2. The van der Waals surface area contributed by atoms with Crippen LogP contribution in [-0.2, 0) is 6.54 Å². The van der Waals surface area contributed by atoms with Crippen LogP contribution in [0.25, 0.3) is 0 Å². The van der Waals surface area contributed by atoms with Crippen molar-refractivity contribution in [1.82, 2.24) is 14.9 Å². The Labute approximate surface area is 95.7 Å². The monoisotopic (exact) mass is 221 g/mol. The van der Waals surface area contributed by atoms with Crippen molar-refractivity contribution in [2.24, 2.45) is 0 Å². The zero-order valence-electron chi connectivity index (χ0n) is 9.52. The van der Waals surface area contributed by atoms with Crippen molar-refractivity contribution in [3.8, 4) is 0 Å². The summed E-state index contributed by atoms with van der Waals surface area (Å²) < 4.78 is 2.14. The molecule has 2 aliphatic heterocycles. The average Bonchev–Trinajstić information content (AvgIpc) is 2.76. The van der Waals surface area contributed by atoms with Crippen LogP contribution in [0.5, 0.6) is 0 Å². The Kier molecular flexibility index (Phi) is 2.69. The van der Waals surface area contributed by atoms with Gasteiger partial charge in [0.05, 0.1) is 5.69 Å². The number of imidazole rings is 1. The van der Waals surface area contributed by atoms with Crippen LogP contribution in [0.2, 0.25) is 0 Å². The molecule has 16 heavy (non-hydrogen) atoms. The summed E-state index contributed by atoms with van der Waals surface area (Å²) in [6.45, 7) is 3.20. The van der Waals surface area contributed by atoms with Crippen LogP contribution in [0.1, 0.15) is 49.2 Å². The second kappa shape index (κ2) is 4.18. The summed E-state index contributed by atoms with van der Waals surface area (Å²) in [6.07, 6.45) is 6.09. The van der Waals surface area contributed by atoms with Gasteiger partial charge in [0, 0.05) is 18.7 Å². The van der Waals surface area contributed by atoms with E-state index in [9.17, 15) is 5.11 Å². The lowest BCUT2D eigenvalue weighted by atomic mass is 9.95. The van der Waals surface area contributed by atoms with Crippen LogP contribution in [0, 0.1) is 0 Å². The van der Waals surface area contributed by atoms with Crippen LogP contribution >= 0.6 is 0 Å². The SMILES string of the molecule is OC1CCCn2cc(C3CCNCC3)nc21. The minimum Gasteiger partial charge on any atom is -0.385 e. The first kappa shape index (κ1) is 10.3. The zero-order valence-corrected chi connectivity index (χ0v) is 9.52. The van der Waals surface area contributed by atoms with E-state index in [0.717, 1.165) is 38.3 Å². The lowest BCUT2D eigenvalue weighted by Crippen LogP contribution is -2.26. The molecule has 2 aliphatic rings. The molecule has 2 N–H and O–H groups in total. The normalized spacial score (nSPS) is 26.7. The van der Waals surface area contributed by atoms with Crippen LogP contribution in [0.4, 0.5) is 0 Å². The van der Waals surface area contributed by atoms with Gasteiger partial charge in [0.2, 0.25) is 0 Å². The number of aryl methyl sites for hydroxylation is 1. The van der Waals surface area contributed by atoms with E-state index in [0.29, 0.717) is 5.92 Å². The molecule has 1 aromatic rings. The van der Waals surface area contributed by atoms with Crippen molar-refractivity contribution >= 4 is 0 Å². The zero-order chi connectivity index (χ0) is 11.0. The fourth-order valence-corrected chi connectivity index (χ4v) is 2.79. The summed E-state index contributed by atoms with van der Waals surface area (Å²) in [5.41, 5.74) is 1.19. The molecule has 0 amide bonds. The van der Waals surface area contributed by atoms with E-state index in [4.69, 9.17) is 0 Å². The molecular formula is C12H19N3O. The molecule has 0 spiro atoms. The maximum Gasteiger partial charge on any atom is 0.137 e. The van der Waals surface area contributed by atoms with Gasteiger partial charge >= 0.3 is 0 Å². The van der Waals surface area contributed by atoms with Crippen molar-refractivity contribution in [3.05, 3.63) is 17.7 Å². The van der Waals surface area contributed by atoms with Crippen LogP contribution in [-0.4, -0.2) is 27.7 Å². The van der Waals surface area contributed by atoms with Gasteiger partial charge in [0.15, 0.2) is 0 Å². The highest BCUT2D eigenvalue weighted by Crippen LogP contribution is 2.29. The Morgan fingerprint density at radius 3 is 2.88 bits per heavy atom. The molecule has 4 heteroatoms. The summed E-state index contributed by atoms with van der Waals surface area (Å²) in [7, 11) is 0. The molecule has 1 unspecified atom stereocenters. The predicted molar refractivity (Wildman–Crippen MR) is 61.3 cm³/mol. The molecule has 4 nitrogen and oxygen atoms in total. The number of nitrogens with one attached hydrogen (secondary N) is 1. The van der Waals surface area contributed by atoms with Gasteiger partial charge in [-0.2, -0.15) is 0 Å². The molecule has 1 fully saturated rings. The topological polar surface area (TPSA) is 50.1 Å². The highest BCUT2D eigenvalue weighted by Gasteiger charge is 2.24. The molecule has 1 aromatic heterocycles. The Balaban J connectivity index is 1.85. The number of piperidine rings is 1. The van der Waals surface area contributed by atoms with Gasteiger partial charge in [0.25, 0.3) is 0 Å². The molecule has 0 bridgehead atoms. The van der Waals surface area contributed by atoms with Crippen LogP contribution in [0.3, 0.4) is 0 Å². The van der Waals surface area contributed by atoms with Crippen molar-refractivity contribution in [2.75, 3.05) is 13.1 Å². The Morgan fingerprint density at radius 2 is 2.12 bits per heavy atom. The van der Waals surface area contributed by atoms with Crippen molar-refractivity contribution in [2.45, 2.75) is 44.2 Å². The number of nitrogens with zero attached hydrogens (tertiary/aromatic N) is 2. The molecular weight excluding hydrogens is 202 g/mol. The second-order valence-corrected chi connectivity index (χ2v) is 4.90. The molecule has 3 heterocycles. The summed E-state index contributed by atoms with van der Waals surface area (Å²) >= 11 is 0. The first-order chi connectivity index (χ1) is 7.84. The van der Waals surface area contributed by atoms with Gasteiger partial charge in [-0.15, -0.1) is 0 Å². The maximum atomic E-state index is 9.88. The summed E-state index contributed by atoms with van der Waals surface area (Å²) in [5, 5.41) is 13.2. The van der Waals surface area contributed by atoms with E-state index in [2.05, 4.69) is 21.1 Å². The number of hydrogen-bond donors (Lipinski definition) is 2. The number of aliphatic hydroxyl groups excluding tert-OH is 1. The minimum atomic E-state index is -0.343. The molecule has 88 valence electrons. The first-order valence-electron chi connectivity index (χ1n) is 6.30. The Bertz CT molecular complexity index is 368. The van der Waals surface area contributed by atoms with E-state index >= 15 is 0 Å². The van der Waals surface area contributed by atoms with Gasteiger partial charge in [-0.3, -0.25) is 0 Å². The Morgan fingerprint density at radius 1 is 1.31 bits per heavy atom. The largest absolute Gasteiger partial charge is 0.385 e. The van der Waals surface area contributed by atoms with Gasteiger partial charge < -0.3 is 15.0 Å². The van der Waals surface area contributed by atoms with Crippen LogP contribution < -0.4 is 5.32 Å². The predicted octanol–water partition coefficient (Wildman–Crippen LogP) is 1.18. The summed E-state index contributed by atoms with van der Waals surface area (Å²) in [6, 6.07) is 0. The molecule has 1 saturated heterocycles. The summed E-state index contributed by atoms with van der Waals surface area (Å²) in [5.74, 6) is 1.48. The third-order valence-electron chi connectivity index (χ3n) is 3.76. The smallest absolute Gasteiger partial charge is 0.137 e. The third kappa shape index (κ3) is 1.76. The average molecular weight is 221 g/mol. The van der Waals surface area contributed by atoms with Crippen LogP contribution in [0.15, 0.2) is 6.20 Å². The number of fused-ring (bicyclic) bond motifs is 1. The number of hydrogen-bond acceptors (Lipinski definition) is 3. The van der Waals surface area contributed by atoms with E-state index in [1.165, 1.54) is 18.5 Å². The molecule has 0 aromatic carbocycles. The molecule has 3 rings (SSSR count). The number of aliphatic hydroxyl groups is 1. The minimum absolute atomic E-state index is 0.343. The van der Waals surface area contributed by atoms with Gasteiger partial charge in [-0.1, -0.05) is 0 Å².